The molecule has 2 fully saturated rings. The molecule has 2 aliphatic rings. The molecule has 1 saturated carbocycles. The van der Waals surface area contributed by atoms with Crippen molar-refractivity contribution in [3.63, 3.8) is 0 Å². The number of hydrogen-bond donors (Lipinski definition) is 2. The number of rotatable bonds is 5. The van der Waals surface area contributed by atoms with Crippen molar-refractivity contribution in [2.45, 2.75) is 38.7 Å². The van der Waals surface area contributed by atoms with Gasteiger partial charge in [-0.3, -0.25) is 4.79 Å². The Bertz CT molecular complexity index is 251. The number of nitrogens with one attached hydrogen (secondary N) is 2. The van der Waals surface area contributed by atoms with Crippen molar-refractivity contribution in [2.75, 3.05) is 26.2 Å². The highest BCUT2D eigenvalue weighted by molar-refractivity contribution is 5.85. The van der Waals surface area contributed by atoms with Crippen molar-refractivity contribution >= 4 is 18.3 Å². The third kappa shape index (κ3) is 4.45. The lowest BCUT2D eigenvalue weighted by molar-refractivity contribution is -0.124. The number of carbonyl (C=O) groups excluding carboxylic acids is 1. The standard InChI is InChI=1S/C12H22N2O2.ClH/c1-2-12(3-4-12)9-14-11(15)7-10-8-13-5-6-16-10;/h10,13H,2-9H2,1H3,(H,14,15);1H. The fraction of sp³-hybridized carbons (Fsp3) is 0.917. The molecule has 17 heavy (non-hydrogen) atoms. The maximum atomic E-state index is 11.7. The van der Waals surface area contributed by atoms with Crippen molar-refractivity contribution in [3.8, 4) is 0 Å². The van der Waals surface area contributed by atoms with Crippen molar-refractivity contribution in [3.05, 3.63) is 0 Å². The smallest absolute Gasteiger partial charge is 0.222 e. The van der Waals surface area contributed by atoms with Crippen LogP contribution in [0, 0.1) is 5.41 Å². The van der Waals surface area contributed by atoms with E-state index in [9.17, 15) is 4.79 Å². The highest BCUT2D eigenvalue weighted by atomic mass is 35.5. The Morgan fingerprint density at radius 1 is 1.53 bits per heavy atom. The Morgan fingerprint density at radius 2 is 2.29 bits per heavy atom. The number of ether oxygens (including phenoxy) is 1. The average Bonchev–Trinajstić information content (AvgIpc) is 3.09. The zero-order chi connectivity index (χ0) is 11.4. The van der Waals surface area contributed by atoms with E-state index in [1.165, 1.54) is 19.3 Å². The summed E-state index contributed by atoms with van der Waals surface area (Å²) >= 11 is 0. The normalized spacial score (nSPS) is 25.8. The summed E-state index contributed by atoms with van der Waals surface area (Å²) in [5.74, 6) is 0.133. The predicted octanol–water partition coefficient (Wildman–Crippen LogP) is 1.09. The summed E-state index contributed by atoms with van der Waals surface area (Å²) in [4.78, 5) is 11.7. The number of amides is 1. The Balaban J connectivity index is 0.00000144. The van der Waals surface area contributed by atoms with Crippen LogP contribution < -0.4 is 10.6 Å². The molecule has 2 N–H and O–H groups in total. The summed E-state index contributed by atoms with van der Waals surface area (Å²) in [5.41, 5.74) is 0.432. The third-order valence-corrected chi connectivity index (χ3v) is 3.79. The molecule has 0 spiro atoms. The monoisotopic (exact) mass is 262 g/mol. The van der Waals surface area contributed by atoms with Crippen molar-refractivity contribution in [2.24, 2.45) is 5.41 Å². The highest BCUT2D eigenvalue weighted by Gasteiger charge is 2.40. The summed E-state index contributed by atoms with van der Waals surface area (Å²) in [5, 5.41) is 6.27. The summed E-state index contributed by atoms with van der Waals surface area (Å²) in [6.45, 7) is 5.47. The first-order valence-corrected chi connectivity index (χ1v) is 6.33. The molecule has 0 aromatic carbocycles. The van der Waals surface area contributed by atoms with Crippen LogP contribution in [0.3, 0.4) is 0 Å². The highest BCUT2D eigenvalue weighted by Crippen LogP contribution is 2.47. The minimum Gasteiger partial charge on any atom is -0.375 e. The quantitative estimate of drug-likeness (QED) is 0.780. The number of halogens is 1. The van der Waals surface area contributed by atoms with E-state index in [0.717, 1.165) is 26.2 Å². The molecule has 0 aromatic heterocycles. The topological polar surface area (TPSA) is 50.4 Å². The molecule has 2 rings (SSSR count). The van der Waals surface area contributed by atoms with E-state index in [1.54, 1.807) is 0 Å². The molecule has 5 heteroatoms. The number of carbonyl (C=O) groups is 1. The van der Waals surface area contributed by atoms with Gasteiger partial charge in [0.2, 0.25) is 5.91 Å². The van der Waals surface area contributed by atoms with Gasteiger partial charge in [-0.25, -0.2) is 0 Å². The Morgan fingerprint density at radius 3 is 2.82 bits per heavy atom. The van der Waals surface area contributed by atoms with E-state index in [2.05, 4.69) is 17.6 Å². The van der Waals surface area contributed by atoms with Crippen LogP contribution in [0.1, 0.15) is 32.6 Å². The first kappa shape index (κ1) is 14.7. The zero-order valence-corrected chi connectivity index (χ0v) is 11.3. The molecule has 100 valence electrons. The molecule has 1 aliphatic carbocycles. The van der Waals surface area contributed by atoms with Gasteiger partial charge in [0.25, 0.3) is 0 Å². The van der Waals surface area contributed by atoms with Crippen LogP contribution in [0.4, 0.5) is 0 Å². The molecular formula is C12H23ClN2O2. The lowest BCUT2D eigenvalue weighted by Gasteiger charge is -2.23. The van der Waals surface area contributed by atoms with Crippen LogP contribution in [-0.2, 0) is 9.53 Å². The second-order valence-corrected chi connectivity index (χ2v) is 5.03. The van der Waals surface area contributed by atoms with Gasteiger partial charge in [-0.05, 0) is 24.7 Å². The maximum absolute atomic E-state index is 11.7. The summed E-state index contributed by atoms with van der Waals surface area (Å²) in [7, 11) is 0. The van der Waals surface area contributed by atoms with E-state index in [4.69, 9.17) is 4.74 Å². The van der Waals surface area contributed by atoms with Gasteiger partial charge in [0.15, 0.2) is 0 Å². The van der Waals surface area contributed by atoms with Gasteiger partial charge < -0.3 is 15.4 Å². The van der Waals surface area contributed by atoms with Gasteiger partial charge in [0.05, 0.1) is 19.1 Å². The lowest BCUT2D eigenvalue weighted by Crippen LogP contribution is -2.42. The van der Waals surface area contributed by atoms with Gasteiger partial charge in [-0.1, -0.05) is 6.92 Å². The Kier molecular flexibility index (Phi) is 5.70. The molecular weight excluding hydrogens is 240 g/mol. The average molecular weight is 263 g/mol. The molecule has 1 saturated heterocycles. The maximum Gasteiger partial charge on any atom is 0.222 e. The summed E-state index contributed by atoms with van der Waals surface area (Å²) in [6.07, 6.45) is 4.27. The first-order chi connectivity index (χ1) is 7.74. The lowest BCUT2D eigenvalue weighted by atomic mass is 10.0. The van der Waals surface area contributed by atoms with E-state index < -0.39 is 0 Å². The van der Waals surface area contributed by atoms with Crippen molar-refractivity contribution < 1.29 is 9.53 Å². The molecule has 1 unspecified atom stereocenters. The zero-order valence-electron chi connectivity index (χ0n) is 10.5. The number of morpholine rings is 1. The molecule has 4 nitrogen and oxygen atoms in total. The Hall–Kier alpha value is -0.320. The molecule has 1 atom stereocenters. The second kappa shape index (κ2) is 6.57. The van der Waals surface area contributed by atoms with Gasteiger partial charge >= 0.3 is 0 Å². The molecule has 1 aliphatic heterocycles. The van der Waals surface area contributed by atoms with Gasteiger partial charge in [0, 0.05) is 19.6 Å². The fourth-order valence-corrected chi connectivity index (χ4v) is 2.15. The van der Waals surface area contributed by atoms with Gasteiger partial charge in [-0.15, -0.1) is 12.4 Å². The largest absolute Gasteiger partial charge is 0.375 e. The van der Waals surface area contributed by atoms with Crippen LogP contribution in [0.5, 0.6) is 0 Å². The third-order valence-electron chi connectivity index (χ3n) is 3.79. The van der Waals surface area contributed by atoms with Crippen LogP contribution in [0.15, 0.2) is 0 Å². The SMILES string of the molecule is CCC1(CNC(=O)CC2CNCCO2)CC1.Cl. The summed E-state index contributed by atoms with van der Waals surface area (Å²) in [6, 6.07) is 0. The molecule has 0 radical (unpaired) electrons. The van der Waals surface area contributed by atoms with Crippen LogP contribution >= 0.6 is 12.4 Å². The van der Waals surface area contributed by atoms with E-state index in [-0.39, 0.29) is 24.4 Å². The van der Waals surface area contributed by atoms with E-state index in [1.807, 2.05) is 0 Å². The molecule has 0 aromatic rings. The van der Waals surface area contributed by atoms with Crippen LogP contribution in [-0.4, -0.2) is 38.3 Å². The number of hydrogen-bond acceptors (Lipinski definition) is 3. The van der Waals surface area contributed by atoms with Gasteiger partial charge in [0.1, 0.15) is 0 Å². The molecule has 1 amide bonds. The minimum atomic E-state index is 0. The molecule has 1 heterocycles. The Labute approximate surface area is 109 Å². The van der Waals surface area contributed by atoms with Crippen molar-refractivity contribution in [1.82, 2.24) is 10.6 Å². The predicted molar refractivity (Wildman–Crippen MR) is 69.4 cm³/mol. The summed E-state index contributed by atoms with van der Waals surface area (Å²) < 4.78 is 5.50. The van der Waals surface area contributed by atoms with Crippen LogP contribution in [0.2, 0.25) is 0 Å². The minimum absolute atomic E-state index is 0. The first-order valence-electron chi connectivity index (χ1n) is 6.33. The van der Waals surface area contributed by atoms with Crippen LogP contribution in [0.25, 0.3) is 0 Å². The fourth-order valence-electron chi connectivity index (χ4n) is 2.15. The van der Waals surface area contributed by atoms with E-state index >= 15 is 0 Å². The van der Waals surface area contributed by atoms with Gasteiger partial charge in [-0.2, -0.15) is 0 Å². The second-order valence-electron chi connectivity index (χ2n) is 5.03. The molecule has 0 bridgehead atoms. The van der Waals surface area contributed by atoms with Crippen molar-refractivity contribution in [1.29, 1.82) is 0 Å². The van der Waals surface area contributed by atoms with E-state index in [0.29, 0.717) is 11.8 Å².